The van der Waals surface area contributed by atoms with Crippen LogP contribution < -0.4 is 0 Å². The summed E-state index contributed by atoms with van der Waals surface area (Å²) in [7, 11) is 0. The van der Waals surface area contributed by atoms with Crippen molar-refractivity contribution in [2.75, 3.05) is 6.61 Å². The first-order valence-corrected chi connectivity index (χ1v) is 12.9. The van der Waals surface area contributed by atoms with Crippen LogP contribution in [0, 0.1) is 11.3 Å². The van der Waals surface area contributed by atoms with E-state index in [-0.39, 0.29) is 25.9 Å². The van der Waals surface area contributed by atoms with Crippen LogP contribution in [0.15, 0.2) is 0 Å². The molecule has 0 saturated heterocycles. The molecule has 34 heavy (non-hydrogen) atoms. The van der Waals surface area contributed by atoms with E-state index in [4.69, 9.17) is 4.74 Å². The number of ether oxygens (including phenoxy) is 1. The van der Waals surface area contributed by atoms with E-state index in [0.717, 1.165) is 51.9 Å². The quantitative estimate of drug-likeness (QED) is 0.131. The number of carbonyl (C=O) groups excluding carboxylic acids is 1. The molecule has 0 aromatic rings. The van der Waals surface area contributed by atoms with Crippen molar-refractivity contribution in [3.05, 3.63) is 0 Å². The van der Waals surface area contributed by atoms with Crippen molar-refractivity contribution in [1.29, 1.82) is 0 Å². The lowest BCUT2D eigenvalue weighted by Crippen LogP contribution is -2.68. The van der Waals surface area contributed by atoms with E-state index in [2.05, 4.69) is 0 Å². The lowest BCUT2D eigenvalue weighted by molar-refractivity contribution is -0.218. The average Bonchev–Trinajstić information content (AvgIpc) is 2.76. The summed E-state index contributed by atoms with van der Waals surface area (Å²) in [6, 6.07) is 0. The molecule has 0 aromatic heterocycles. The molecule has 0 radical (unpaired) electrons. The average molecular weight is 487 g/mol. The second-order valence-corrected chi connectivity index (χ2v) is 9.27. The van der Waals surface area contributed by atoms with Crippen LogP contribution in [0.1, 0.15) is 118 Å². The summed E-state index contributed by atoms with van der Waals surface area (Å²) in [5.74, 6) is -7.33. The van der Waals surface area contributed by atoms with Gasteiger partial charge in [-0.25, -0.2) is 4.79 Å². The van der Waals surface area contributed by atoms with Crippen molar-refractivity contribution < 1.29 is 39.2 Å². The maximum Gasteiger partial charge on any atom is 0.338 e. The second-order valence-electron chi connectivity index (χ2n) is 9.27. The van der Waals surface area contributed by atoms with Gasteiger partial charge in [0, 0.05) is 6.61 Å². The zero-order chi connectivity index (χ0) is 26.2. The Labute approximate surface area is 204 Å². The molecule has 8 nitrogen and oxygen atoms in total. The normalized spacial score (nSPS) is 15.8. The van der Waals surface area contributed by atoms with Crippen molar-refractivity contribution in [2.24, 2.45) is 11.3 Å². The van der Waals surface area contributed by atoms with Gasteiger partial charge in [-0.15, -0.1) is 0 Å². The number of aliphatic carboxylic acids is 3. The Hall–Kier alpha value is -1.96. The summed E-state index contributed by atoms with van der Waals surface area (Å²) in [5, 5.41) is 31.0. The predicted molar refractivity (Wildman–Crippen MR) is 130 cm³/mol. The van der Waals surface area contributed by atoms with E-state index in [1.807, 2.05) is 20.8 Å². The van der Waals surface area contributed by atoms with E-state index < -0.39 is 40.6 Å². The summed E-state index contributed by atoms with van der Waals surface area (Å²) >= 11 is 0. The van der Waals surface area contributed by atoms with E-state index in [0.29, 0.717) is 25.7 Å². The van der Waals surface area contributed by atoms with Crippen molar-refractivity contribution in [2.45, 2.75) is 123 Å². The first-order valence-electron chi connectivity index (χ1n) is 12.9. The largest absolute Gasteiger partial charge is 0.481 e. The molecule has 0 fully saturated rings. The van der Waals surface area contributed by atoms with Gasteiger partial charge in [-0.3, -0.25) is 14.4 Å². The molecule has 0 aliphatic carbocycles. The summed E-state index contributed by atoms with van der Waals surface area (Å²) in [4.78, 5) is 51.2. The fourth-order valence-corrected chi connectivity index (χ4v) is 4.81. The van der Waals surface area contributed by atoms with E-state index in [1.165, 1.54) is 0 Å². The Balaban J connectivity index is 6.66. The van der Waals surface area contributed by atoms with Gasteiger partial charge in [0.1, 0.15) is 0 Å². The minimum absolute atomic E-state index is 0.0755. The molecule has 0 amide bonds. The van der Waals surface area contributed by atoms with Gasteiger partial charge in [0.2, 0.25) is 5.60 Å². The van der Waals surface area contributed by atoms with Gasteiger partial charge in [0.25, 0.3) is 0 Å². The molecule has 3 unspecified atom stereocenters. The van der Waals surface area contributed by atoms with E-state index in [1.54, 1.807) is 0 Å². The SMILES string of the molecule is CCCCCCOC(C(=O)O)(C(CCCCCC)C(=O)O)C(CCCCCC)(C(C)=O)C(=O)O. The first-order chi connectivity index (χ1) is 16.1. The lowest BCUT2D eigenvalue weighted by Gasteiger charge is -2.46. The van der Waals surface area contributed by atoms with Crippen molar-refractivity contribution in [3.8, 4) is 0 Å². The number of rotatable bonds is 22. The minimum atomic E-state index is -2.69. The number of carbonyl (C=O) groups is 4. The number of hydrogen-bond donors (Lipinski definition) is 3. The Morgan fingerprint density at radius 1 is 0.706 bits per heavy atom. The van der Waals surface area contributed by atoms with Gasteiger partial charge in [-0.1, -0.05) is 91.4 Å². The van der Waals surface area contributed by atoms with E-state index in [9.17, 15) is 34.5 Å². The van der Waals surface area contributed by atoms with Crippen LogP contribution in [0.5, 0.6) is 0 Å². The maximum absolute atomic E-state index is 13.0. The summed E-state index contributed by atoms with van der Waals surface area (Å²) < 4.78 is 5.88. The Bertz CT molecular complexity index is 631. The topological polar surface area (TPSA) is 138 Å². The van der Waals surface area contributed by atoms with Gasteiger partial charge in [0.15, 0.2) is 11.2 Å². The standard InChI is InChI=1S/C26H46O8/c1-5-8-11-14-17-21(22(28)29)26(24(32)33,34-19-16-13-10-7-3)25(20(4)27,23(30)31)18-15-12-9-6-2/h21H,5-19H2,1-4H3,(H,28,29)(H,30,31)(H,32,33). The van der Waals surface area contributed by atoms with Gasteiger partial charge in [0.05, 0.1) is 5.92 Å². The second kappa shape index (κ2) is 16.6. The Morgan fingerprint density at radius 2 is 1.21 bits per heavy atom. The molecule has 0 aliphatic heterocycles. The number of unbranched alkanes of at least 4 members (excludes halogenated alkanes) is 9. The molecule has 3 N–H and O–H groups in total. The molecule has 0 aromatic carbocycles. The zero-order valence-electron chi connectivity index (χ0n) is 21.6. The molecule has 0 heterocycles. The molecule has 0 rings (SSSR count). The fourth-order valence-electron chi connectivity index (χ4n) is 4.81. The van der Waals surface area contributed by atoms with Gasteiger partial charge >= 0.3 is 17.9 Å². The van der Waals surface area contributed by atoms with Crippen LogP contribution in [0.3, 0.4) is 0 Å². The third-order valence-corrected chi connectivity index (χ3v) is 6.79. The molecular weight excluding hydrogens is 440 g/mol. The Kier molecular flexibility index (Phi) is 15.7. The molecule has 8 heteroatoms. The maximum atomic E-state index is 13.0. The van der Waals surface area contributed by atoms with Crippen LogP contribution in [-0.2, 0) is 23.9 Å². The van der Waals surface area contributed by atoms with E-state index >= 15 is 0 Å². The summed E-state index contributed by atoms with van der Waals surface area (Å²) in [6.07, 6.45) is 8.05. The molecule has 0 spiro atoms. The third kappa shape index (κ3) is 8.07. The predicted octanol–water partition coefficient (Wildman–Crippen LogP) is 5.71. The van der Waals surface area contributed by atoms with Crippen molar-refractivity contribution in [1.82, 2.24) is 0 Å². The highest BCUT2D eigenvalue weighted by molar-refractivity contribution is 6.09. The highest BCUT2D eigenvalue weighted by Gasteiger charge is 2.70. The van der Waals surface area contributed by atoms with Gasteiger partial charge in [-0.2, -0.15) is 0 Å². The van der Waals surface area contributed by atoms with Crippen LogP contribution in [0.4, 0.5) is 0 Å². The number of carboxylic acid groups (broad SMARTS) is 3. The number of Topliss-reactive ketones (excluding diaryl/α,β-unsaturated/α-hetero) is 1. The highest BCUT2D eigenvalue weighted by atomic mass is 16.5. The van der Waals surface area contributed by atoms with Crippen LogP contribution in [0.25, 0.3) is 0 Å². The van der Waals surface area contributed by atoms with Crippen LogP contribution in [-0.4, -0.2) is 51.2 Å². The number of carboxylic acids is 3. The minimum Gasteiger partial charge on any atom is -0.481 e. The summed E-state index contributed by atoms with van der Waals surface area (Å²) in [6.45, 7) is 6.91. The zero-order valence-corrected chi connectivity index (χ0v) is 21.6. The van der Waals surface area contributed by atoms with Crippen LogP contribution >= 0.6 is 0 Å². The molecule has 198 valence electrons. The molecule has 3 atom stereocenters. The third-order valence-electron chi connectivity index (χ3n) is 6.79. The molecule has 0 bridgehead atoms. The summed E-state index contributed by atoms with van der Waals surface area (Å²) in [5.41, 5.74) is -5.19. The highest BCUT2D eigenvalue weighted by Crippen LogP contribution is 2.48. The lowest BCUT2D eigenvalue weighted by atomic mass is 9.59. The number of hydrogen-bond acceptors (Lipinski definition) is 5. The van der Waals surface area contributed by atoms with Gasteiger partial charge in [-0.05, 0) is 26.2 Å². The first kappa shape index (κ1) is 32.0. The molecule has 0 aliphatic rings. The molecule has 0 saturated carbocycles. The van der Waals surface area contributed by atoms with Crippen LogP contribution in [0.2, 0.25) is 0 Å². The Morgan fingerprint density at radius 3 is 1.62 bits per heavy atom. The van der Waals surface area contributed by atoms with Crippen molar-refractivity contribution in [3.63, 3.8) is 0 Å². The fraction of sp³-hybridized carbons (Fsp3) is 0.846. The van der Waals surface area contributed by atoms with Crippen molar-refractivity contribution >= 4 is 23.7 Å². The smallest absolute Gasteiger partial charge is 0.338 e. The molecular formula is C26H46O8. The number of ketones is 1. The monoisotopic (exact) mass is 486 g/mol. The van der Waals surface area contributed by atoms with Gasteiger partial charge < -0.3 is 20.1 Å².